The molecule has 0 radical (unpaired) electrons. The summed E-state index contributed by atoms with van der Waals surface area (Å²) < 4.78 is 0.875. The van der Waals surface area contributed by atoms with Gasteiger partial charge in [0.1, 0.15) is 5.82 Å². The molecule has 98 valence electrons. The van der Waals surface area contributed by atoms with E-state index in [1.807, 2.05) is 26.0 Å². The van der Waals surface area contributed by atoms with Crippen LogP contribution in [0.1, 0.15) is 21.5 Å². The highest BCUT2D eigenvalue weighted by atomic mass is 79.9. The maximum Gasteiger partial charge on any atom is 0.256 e. The molecule has 0 unspecified atom stereocenters. The molecule has 2 rings (SSSR count). The summed E-state index contributed by atoms with van der Waals surface area (Å²) in [4.78, 5) is 16.3. The Morgan fingerprint density at radius 1 is 1.26 bits per heavy atom. The average Bonchev–Trinajstić information content (AvgIpc) is 2.31. The number of hydrogen-bond donors (Lipinski definition) is 2. The zero-order valence-electron chi connectivity index (χ0n) is 10.7. The number of carbonyl (C=O) groups excluding carboxylic acids is 1. The van der Waals surface area contributed by atoms with Gasteiger partial charge in [0.15, 0.2) is 0 Å². The minimum absolute atomic E-state index is 0.190. The minimum Gasteiger partial charge on any atom is -0.397 e. The molecule has 19 heavy (non-hydrogen) atoms. The standard InChI is InChI=1S/C14H14BrN3O/c1-8-3-10(6-11(15)4-8)14(19)18-13-9(2)5-12(16)7-17-13/h3-7H,16H2,1-2H3,(H,17,18,19). The summed E-state index contributed by atoms with van der Waals surface area (Å²) in [6, 6.07) is 7.32. The largest absolute Gasteiger partial charge is 0.397 e. The molecule has 0 bridgehead atoms. The van der Waals surface area contributed by atoms with Crippen LogP contribution in [-0.2, 0) is 0 Å². The molecule has 0 saturated heterocycles. The number of nitrogen functional groups attached to an aromatic ring is 1. The van der Waals surface area contributed by atoms with Crippen LogP contribution >= 0.6 is 15.9 Å². The fourth-order valence-electron chi connectivity index (χ4n) is 1.77. The van der Waals surface area contributed by atoms with E-state index in [0.717, 1.165) is 15.6 Å². The second-order valence-corrected chi connectivity index (χ2v) is 5.32. The molecule has 2 aromatic rings. The van der Waals surface area contributed by atoms with E-state index in [2.05, 4.69) is 26.2 Å². The van der Waals surface area contributed by atoms with Crippen LogP contribution in [0, 0.1) is 13.8 Å². The molecule has 1 aromatic heterocycles. The van der Waals surface area contributed by atoms with Crippen molar-refractivity contribution in [3.63, 3.8) is 0 Å². The molecular weight excluding hydrogens is 306 g/mol. The number of nitrogens with two attached hydrogens (primary N) is 1. The van der Waals surface area contributed by atoms with Gasteiger partial charge in [-0.2, -0.15) is 0 Å². The first-order valence-corrected chi connectivity index (χ1v) is 6.55. The lowest BCUT2D eigenvalue weighted by Gasteiger charge is -2.08. The van der Waals surface area contributed by atoms with E-state index in [-0.39, 0.29) is 5.91 Å². The van der Waals surface area contributed by atoms with Crippen LogP contribution in [0.15, 0.2) is 34.9 Å². The van der Waals surface area contributed by atoms with Crippen LogP contribution in [0.25, 0.3) is 0 Å². The van der Waals surface area contributed by atoms with Crippen LogP contribution in [0.3, 0.4) is 0 Å². The van der Waals surface area contributed by atoms with Gasteiger partial charge < -0.3 is 11.1 Å². The summed E-state index contributed by atoms with van der Waals surface area (Å²) in [6.07, 6.45) is 1.52. The number of rotatable bonds is 2. The van der Waals surface area contributed by atoms with Gasteiger partial charge in [-0.15, -0.1) is 0 Å². The Kier molecular flexibility index (Phi) is 3.85. The molecule has 0 aliphatic heterocycles. The highest BCUT2D eigenvalue weighted by Crippen LogP contribution is 2.18. The number of aromatic nitrogens is 1. The summed E-state index contributed by atoms with van der Waals surface area (Å²) in [5.74, 6) is 0.335. The molecule has 0 aliphatic carbocycles. The van der Waals surface area contributed by atoms with E-state index in [1.165, 1.54) is 6.20 Å². The van der Waals surface area contributed by atoms with Crippen molar-refractivity contribution in [1.82, 2.24) is 4.98 Å². The Hall–Kier alpha value is -1.88. The third-order valence-corrected chi connectivity index (χ3v) is 3.09. The van der Waals surface area contributed by atoms with E-state index in [0.29, 0.717) is 17.1 Å². The molecule has 0 atom stereocenters. The van der Waals surface area contributed by atoms with Crippen molar-refractivity contribution >= 4 is 33.3 Å². The highest BCUT2D eigenvalue weighted by molar-refractivity contribution is 9.10. The molecule has 1 amide bonds. The van der Waals surface area contributed by atoms with Crippen LogP contribution in [0.2, 0.25) is 0 Å². The summed E-state index contributed by atoms with van der Waals surface area (Å²) in [6.45, 7) is 3.79. The number of halogens is 1. The number of carbonyl (C=O) groups is 1. The molecule has 4 nitrogen and oxygen atoms in total. The molecule has 3 N–H and O–H groups in total. The fraction of sp³-hybridized carbons (Fsp3) is 0.143. The molecule has 5 heteroatoms. The second kappa shape index (κ2) is 5.40. The maximum absolute atomic E-state index is 12.2. The zero-order valence-corrected chi connectivity index (χ0v) is 12.3. The minimum atomic E-state index is -0.190. The summed E-state index contributed by atoms with van der Waals surface area (Å²) in [7, 11) is 0. The first-order chi connectivity index (χ1) is 8.95. The highest BCUT2D eigenvalue weighted by Gasteiger charge is 2.10. The maximum atomic E-state index is 12.2. The van der Waals surface area contributed by atoms with Gasteiger partial charge in [-0.05, 0) is 49.2 Å². The van der Waals surface area contributed by atoms with E-state index in [1.54, 1.807) is 12.1 Å². The molecular formula is C14H14BrN3O. The number of pyridine rings is 1. The molecule has 0 fully saturated rings. The SMILES string of the molecule is Cc1cc(Br)cc(C(=O)Nc2ncc(N)cc2C)c1. The van der Waals surface area contributed by atoms with E-state index >= 15 is 0 Å². The van der Waals surface area contributed by atoms with Crippen LogP contribution in [0.5, 0.6) is 0 Å². The first kappa shape index (κ1) is 13.5. The first-order valence-electron chi connectivity index (χ1n) is 5.76. The number of amides is 1. The topological polar surface area (TPSA) is 68.0 Å². The van der Waals surface area contributed by atoms with Crippen molar-refractivity contribution in [2.24, 2.45) is 0 Å². The number of benzene rings is 1. The normalized spacial score (nSPS) is 10.3. The number of aryl methyl sites for hydroxylation is 2. The van der Waals surface area contributed by atoms with E-state index in [9.17, 15) is 4.79 Å². The Morgan fingerprint density at radius 2 is 2.00 bits per heavy atom. The van der Waals surface area contributed by atoms with Gasteiger partial charge in [0.05, 0.1) is 11.9 Å². The van der Waals surface area contributed by atoms with Crippen molar-refractivity contribution in [3.05, 3.63) is 51.6 Å². The van der Waals surface area contributed by atoms with Gasteiger partial charge >= 0.3 is 0 Å². The average molecular weight is 320 g/mol. The summed E-state index contributed by atoms with van der Waals surface area (Å²) in [5, 5.41) is 2.78. The Bertz CT molecular complexity index is 620. The quantitative estimate of drug-likeness (QED) is 0.892. The van der Waals surface area contributed by atoms with E-state index in [4.69, 9.17) is 5.73 Å². The number of anilines is 2. The van der Waals surface area contributed by atoms with Gasteiger partial charge in [-0.25, -0.2) is 4.98 Å². The molecule has 0 spiro atoms. The monoisotopic (exact) mass is 319 g/mol. The van der Waals surface area contributed by atoms with E-state index < -0.39 is 0 Å². The molecule has 0 saturated carbocycles. The number of hydrogen-bond acceptors (Lipinski definition) is 3. The molecule has 1 aromatic carbocycles. The van der Waals surface area contributed by atoms with Crippen molar-refractivity contribution < 1.29 is 4.79 Å². The predicted molar refractivity (Wildman–Crippen MR) is 80.2 cm³/mol. The van der Waals surface area contributed by atoms with Crippen LogP contribution < -0.4 is 11.1 Å². The van der Waals surface area contributed by atoms with Crippen LogP contribution in [-0.4, -0.2) is 10.9 Å². The number of nitrogens with zero attached hydrogens (tertiary/aromatic N) is 1. The summed E-state index contributed by atoms with van der Waals surface area (Å²) in [5.41, 5.74) is 8.64. The Balaban J connectivity index is 2.25. The third-order valence-electron chi connectivity index (χ3n) is 2.64. The Morgan fingerprint density at radius 3 is 2.63 bits per heavy atom. The fourth-order valence-corrected chi connectivity index (χ4v) is 2.38. The van der Waals surface area contributed by atoms with Gasteiger partial charge in [-0.3, -0.25) is 4.79 Å². The van der Waals surface area contributed by atoms with Gasteiger partial charge in [0, 0.05) is 10.0 Å². The summed E-state index contributed by atoms with van der Waals surface area (Å²) >= 11 is 3.38. The van der Waals surface area contributed by atoms with Gasteiger partial charge in [0.25, 0.3) is 5.91 Å². The number of nitrogens with one attached hydrogen (secondary N) is 1. The predicted octanol–water partition coefficient (Wildman–Crippen LogP) is 3.30. The van der Waals surface area contributed by atoms with Crippen LogP contribution in [0.4, 0.5) is 11.5 Å². The van der Waals surface area contributed by atoms with Crippen molar-refractivity contribution in [1.29, 1.82) is 0 Å². The van der Waals surface area contributed by atoms with Crippen molar-refractivity contribution in [2.45, 2.75) is 13.8 Å². The third kappa shape index (κ3) is 3.32. The molecule has 0 aliphatic rings. The molecule has 1 heterocycles. The smallest absolute Gasteiger partial charge is 0.256 e. The van der Waals surface area contributed by atoms with Crippen molar-refractivity contribution in [3.8, 4) is 0 Å². The second-order valence-electron chi connectivity index (χ2n) is 4.41. The van der Waals surface area contributed by atoms with Crippen molar-refractivity contribution in [2.75, 3.05) is 11.1 Å². The lowest BCUT2D eigenvalue weighted by atomic mass is 10.1. The zero-order chi connectivity index (χ0) is 14.0. The Labute approximate surface area is 120 Å². The lowest BCUT2D eigenvalue weighted by Crippen LogP contribution is -2.14. The van der Waals surface area contributed by atoms with Gasteiger partial charge in [-0.1, -0.05) is 15.9 Å². The lowest BCUT2D eigenvalue weighted by molar-refractivity contribution is 0.102. The van der Waals surface area contributed by atoms with Gasteiger partial charge in [0.2, 0.25) is 0 Å².